The number of hydrogen-bond acceptors (Lipinski definition) is 3. The summed E-state index contributed by atoms with van der Waals surface area (Å²) in [5.41, 5.74) is 6.76. The van der Waals surface area contributed by atoms with E-state index in [-0.39, 0.29) is 0 Å². The number of nitrogens with zero attached hydrogens (tertiary/aromatic N) is 2. The van der Waals surface area contributed by atoms with Gasteiger partial charge in [0, 0.05) is 24.5 Å². The van der Waals surface area contributed by atoms with E-state index in [1.807, 2.05) is 6.07 Å². The molecule has 1 heterocycles. The molecule has 2 rings (SSSR count). The number of rotatable bonds is 5. The minimum atomic E-state index is 0.487. The molecular formula is C13H20N4O. The number of aromatic nitrogens is 1. The zero-order valence-corrected chi connectivity index (χ0v) is 10.7. The Hall–Kier alpha value is -1.78. The maximum Gasteiger partial charge on any atom is 0.188 e. The van der Waals surface area contributed by atoms with Crippen molar-refractivity contribution in [2.75, 3.05) is 13.7 Å². The molecule has 18 heavy (non-hydrogen) atoms. The molecule has 1 aliphatic rings. The molecule has 0 saturated heterocycles. The zero-order chi connectivity index (χ0) is 12.8. The van der Waals surface area contributed by atoms with Crippen LogP contribution in [-0.2, 0) is 6.54 Å². The van der Waals surface area contributed by atoms with Gasteiger partial charge in [0.25, 0.3) is 0 Å². The highest BCUT2D eigenvalue weighted by atomic mass is 16.5. The van der Waals surface area contributed by atoms with E-state index in [9.17, 15) is 0 Å². The first-order valence-electron chi connectivity index (χ1n) is 6.30. The Labute approximate surface area is 107 Å². The van der Waals surface area contributed by atoms with E-state index in [2.05, 4.69) is 15.3 Å². The molecule has 1 aromatic heterocycles. The van der Waals surface area contributed by atoms with E-state index in [1.54, 1.807) is 19.5 Å². The fourth-order valence-corrected chi connectivity index (χ4v) is 1.90. The van der Waals surface area contributed by atoms with Gasteiger partial charge in [-0.15, -0.1) is 0 Å². The minimum absolute atomic E-state index is 0.487. The number of hydrogen-bond donors (Lipinski definition) is 2. The van der Waals surface area contributed by atoms with Crippen LogP contribution in [0.15, 0.2) is 23.5 Å². The Bertz CT molecular complexity index is 415. The van der Waals surface area contributed by atoms with Gasteiger partial charge in [-0.1, -0.05) is 6.42 Å². The molecule has 1 aliphatic carbocycles. The highest BCUT2D eigenvalue weighted by Crippen LogP contribution is 2.25. The molecule has 1 fully saturated rings. The van der Waals surface area contributed by atoms with Gasteiger partial charge in [-0.2, -0.15) is 0 Å². The molecule has 1 aromatic rings. The van der Waals surface area contributed by atoms with Gasteiger partial charge < -0.3 is 15.8 Å². The lowest BCUT2D eigenvalue weighted by molar-refractivity contribution is 0.315. The lowest BCUT2D eigenvalue weighted by Gasteiger charge is -2.25. The highest BCUT2D eigenvalue weighted by molar-refractivity contribution is 5.77. The second-order valence-corrected chi connectivity index (χ2v) is 4.57. The van der Waals surface area contributed by atoms with Gasteiger partial charge in [-0.25, -0.2) is 4.99 Å². The SMILES string of the molecule is COc1ccncc1CN=C(N)NCC1CCC1. The standard InChI is InChI=1S/C13H20N4O/c1-18-12-5-6-15-8-11(12)9-17-13(14)16-7-10-3-2-4-10/h5-6,8,10H,2-4,7,9H2,1H3,(H3,14,16,17). The van der Waals surface area contributed by atoms with E-state index in [4.69, 9.17) is 10.5 Å². The van der Waals surface area contributed by atoms with Crippen LogP contribution in [0.1, 0.15) is 24.8 Å². The van der Waals surface area contributed by atoms with E-state index >= 15 is 0 Å². The van der Waals surface area contributed by atoms with Crippen molar-refractivity contribution in [3.05, 3.63) is 24.0 Å². The molecule has 0 aromatic carbocycles. The molecule has 0 amide bonds. The second kappa shape index (κ2) is 6.23. The van der Waals surface area contributed by atoms with E-state index in [1.165, 1.54) is 19.3 Å². The average molecular weight is 248 g/mol. The fraction of sp³-hybridized carbons (Fsp3) is 0.538. The van der Waals surface area contributed by atoms with Crippen LogP contribution in [0.2, 0.25) is 0 Å². The molecule has 1 saturated carbocycles. The Morgan fingerprint density at radius 2 is 2.44 bits per heavy atom. The van der Waals surface area contributed by atoms with Crippen LogP contribution in [0.3, 0.4) is 0 Å². The van der Waals surface area contributed by atoms with Crippen LogP contribution >= 0.6 is 0 Å². The third-order valence-corrected chi connectivity index (χ3v) is 3.30. The quantitative estimate of drug-likeness (QED) is 0.608. The van der Waals surface area contributed by atoms with Crippen molar-refractivity contribution in [1.29, 1.82) is 0 Å². The molecule has 98 valence electrons. The van der Waals surface area contributed by atoms with Crippen LogP contribution < -0.4 is 15.8 Å². The monoisotopic (exact) mass is 248 g/mol. The maximum atomic E-state index is 5.82. The summed E-state index contributed by atoms with van der Waals surface area (Å²) in [6.45, 7) is 1.42. The van der Waals surface area contributed by atoms with Crippen molar-refractivity contribution in [3.63, 3.8) is 0 Å². The number of guanidine groups is 1. The average Bonchev–Trinajstić information content (AvgIpc) is 2.35. The predicted octanol–water partition coefficient (Wildman–Crippen LogP) is 1.29. The van der Waals surface area contributed by atoms with Gasteiger partial charge in [-0.3, -0.25) is 4.98 Å². The smallest absolute Gasteiger partial charge is 0.188 e. The minimum Gasteiger partial charge on any atom is -0.496 e. The van der Waals surface area contributed by atoms with Crippen LogP contribution in [0.5, 0.6) is 5.75 Å². The molecule has 0 unspecified atom stereocenters. The van der Waals surface area contributed by atoms with Crippen molar-refractivity contribution >= 4 is 5.96 Å². The molecular weight excluding hydrogens is 228 g/mol. The highest BCUT2D eigenvalue weighted by Gasteiger charge is 2.16. The third-order valence-electron chi connectivity index (χ3n) is 3.30. The van der Waals surface area contributed by atoms with Crippen LogP contribution in [0, 0.1) is 5.92 Å². The van der Waals surface area contributed by atoms with Gasteiger partial charge in [-0.05, 0) is 24.8 Å². The summed E-state index contributed by atoms with van der Waals surface area (Å²) in [5, 5.41) is 3.16. The number of methoxy groups -OCH3 is 1. The number of ether oxygens (including phenoxy) is 1. The summed E-state index contributed by atoms with van der Waals surface area (Å²) in [5.74, 6) is 2.06. The number of aliphatic imine (C=N–C) groups is 1. The van der Waals surface area contributed by atoms with Crippen molar-refractivity contribution < 1.29 is 4.74 Å². The van der Waals surface area contributed by atoms with Crippen molar-refractivity contribution in [2.24, 2.45) is 16.6 Å². The lowest BCUT2D eigenvalue weighted by Crippen LogP contribution is -2.37. The summed E-state index contributed by atoms with van der Waals surface area (Å²) in [7, 11) is 1.64. The van der Waals surface area contributed by atoms with E-state index in [0.717, 1.165) is 23.8 Å². The van der Waals surface area contributed by atoms with Crippen LogP contribution in [0.4, 0.5) is 0 Å². The predicted molar refractivity (Wildman–Crippen MR) is 71.5 cm³/mol. The van der Waals surface area contributed by atoms with Crippen molar-refractivity contribution in [2.45, 2.75) is 25.8 Å². The first kappa shape index (κ1) is 12.7. The Balaban J connectivity index is 1.84. The zero-order valence-electron chi connectivity index (χ0n) is 10.7. The van der Waals surface area contributed by atoms with Crippen molar-refractivity contribution in [3.8, 4) is 5.75 Å². The first-order chi connectivity index (χ1) is 8.79. The summed E-state index contributed by atoms with van der Waals surface area (Å²) < 4.78 is 5.23. The summed E-state index contributed by atoms with van der Waals surface area (Å²) in [4.78, 5) is 8.35. The summed E-state index contributed by atoms with van der Waals surface area (Å²) in [6.07, 6.45) is 7.40. The van der Waals surface area contributed by atoms with Gasteiger partial charge in [0.15, 0.2) is 5.96 Å². The largest absolute Gasteiger partial charge is 0.496 e. The van der Waals surface area contributed by atoms with Crippen LogP contribution in [-0.4, -0.2) is 24.6 Å². The number of nitrogens with one attached hydrogen (secondary N) is 1. The summed E-state index contributed by atoms with van der Waals surface area (Å²) >= 11 is 0. The first-order valence-corrected chi connectivity index (χ1v) is 6.30. The fourth-order valence-electron chi connectivity index (χ4n) is 1.90. The Kier molecular flexibility index (Phi) is 4.39. The number of pyridine rings is 1. The maximum absolute atomic E-state index is 5.82. The molecule has 0 spiro atoms. The lowest BCUT2D eigenvalue weighted by atomic mass is 9.85. The second-order valence-electron chi connectivity index (χ2n) is 4.57. The van der Waals surface area contributed by atoms with Gasteiger partial charge in [0.1, 0.15) is 5.75 Å². The van der Waals surface area contributed by atoms with Crippen molar-refractivity contribution in [1.82, 2.24) is 10.3 Å². The topological polar surface area (TPSA) is 72.5 Å². The van der Waals surface area contributed by atoms with Gasteiger partial charge in [0.05, 0.1) is 13.7 Å². The normalized spacial score (nSPS) is 16.2. The van der Waals surface area contributed by atoms with Gasteiger partial charge >= 0.3 is 0 Å². The molecule has 5 nitrogen and oxygen atoms in total. The molecule has 0 bridgehead atoms. The van der Waals surface area contributed by atoms with E-state index in [0.29, 0.717) is 12.5 Å². The molecule has 5 heteroatoms. The number of nitrogens with two attached hydrogens (primary N) is 1. The van der Waals surface area contributed by atoms with Crippen LogP contribution in [0.25, 0.3) is 0 Å². The molecule has 3 N–H and O–H groups in total. The van der Waals surface area contributed by atoms with E-state index < -0.39 is 0 Å². The Morgan fingerprint density at radius 3 is 3.11 bits per heavy atom. The molecule has 0 aliphatic heterocycles. The Morgan fingerprint density at radius 1 is 1.61 bits per heavy atom. The molecule has 0 atom stereocenters. The third kappa shape index (κ3) is 3.35. The summed E-state index contributed by atoms with van der Waals surface area (Å²) in [6, 6.07) is 1.82. The molecule has 0 radical (unpaired) electrons. The van der Waals surface area contributed by atoms with Gasteiger partial charge in [0.2, 0.25) is 0 Å².